The molecule has 0 amide bonds. The van der Waals surface area contributed by atoms with Gasteiger partial charge in [0.05, 0.1) is 12.7 Å². The van der Waals surface area contributed by atoms with Crippen molar-refractivity contribution in [1.82, 2.24) is 0 Å². The highest BCUT2D eigenvalue weighted by atomic mass is 19.1. The molecule has 74 valence electrons. The smallest absolute Gasteiger partial charge is 0.342 e. The highest BCUT2D eigenvalue weighted by Gasteiger charge is 2.19. The van der Waals surface area contributed by atoms with Crippen molar-refractivity contribution in [3.63, 3.8) is 0 Å². The Kier molecular flexibility index (Phi) is 2.81. The van der Waals surface area contributed by atoms with E-state index >= 15 is 0 Å². The molecule has 0 fully saturated rings. The van der Waals surface area contributed by atoms with E-state index < -0.39 is 17.3 Å². The summed E-state index contributed by atoms with van der Waals surface area (Å²) >= 11 is 0. The zero-order chi connectivity index (χ0) is 10.7. The first-order valence-electron chi connectivity index (χ1n) is 3.66. The first kappa shape index (κ1) is 10.2. The molecule has 0 saturated heterocycles. The number of methoxy groups -OCH3 is 1. The molecule has 1 aromatic rings. The zero-order valence-electron chi connectivity index (χ0n) is 7.28. The van der Waals surface area contributed by atoms with Gasteiger partial charge in [0.2, 0.25) is 0 Å². The van der Waals surface area contributed by atoms with E-state index in [9.17, 15) is 14.0 Å². The van der Waals surface area contributed by atoms with Crippen LogP contribution in [-0.4, -0.2) is 24.5 Å². The Morgan fingerprint density at radius 3 is 2.64 bits per heavy atom. The lowest BCUT2D eigenvalue weighted by atomic mass is 10.1. The van der Waals surface area contributed by atoms with Crippen molar-refractivity contribution in [3.8, 4) is 5.75 Å². The topological polar surface area (TPSA) is 63.6 Å². The Morgan fingerprint density at radius 2 is 2.21 bits per heavy atom. The van der Waals surface area contributed by atoms with Crippen LogP contribution in [0.25, 0.3) is 0 Å². The van der Waals surface area contributed by atoms with Crippen LogP contribution in [0.2, 0.25) is 0 Å². The molecule has 0 saturated carbocycles. The average molecular weight is 198 g/mol. The van der Waals surface area contributed by atoms with Gasteiger partial charge in [0.15, 0.2) is 12.1 Å². The standard InChI is InChI=1S/C9H7FO4/c1-14-6-3-2-5(4-11)8(10)7(6)9(12)13/h2-4H,1H3,(H,12,13). The second-order valence-electron chi connectivity index (χ2n) is 2.47. The van der Waals surface area contributed by atoms with Crippen LogP contribution in [0.4, 0.5) is 4.39 Å². The molecule has 5 heteroatoms. The lowest BCUT2D eigenvalue weighted by Gasteiger charge is -2.06. The van der Waals surface area contributed by atoms with Gasteiger partial charge >= 0.3 is 5.97 Å². The minimum absolute atomic E-state index is 0.111. The van der Waals surface area contributed by atoms with Crippen molar-refractivity contribution in [1.29, 1.82) is 0 Å². The van der Waals surface area contributed by atoms with E-state index in [4.69, 9.17) is 5.11 Å². The molecule has 0 heterocycles. The summed E-state index contributed by atoms with van der Waals surface area (Å²) in [7, 11) is 1.22. The van der Waals surface area contributed by atoms with Crippen LogP contribution < -0.4 is 4.74 Å². The number of aldehydes is 1. The Balaban J connectivity index is 3.46. The van der Waals surface area contributed by atoms with Gasteiger partial charge in [0.25, 0.3) is 0 Å². The van der Waals surface area contributed by atoms with Gasteiger partial charge in [-0.2, -0.15) is 0 Å². The van der Waals surface area contributed by atoms with Crippen LogP contribution in [-0.2, 0) is 0 Å². The summed E-state index contributed by atoms with van der Waals surface area (Å²) in [6.07, 6.45) is 0.251. The Hall–Kier alpha value is -1.91. The monoisotopic (exact) mass is 198 g/mol. The summed E-state index contributed by atoms with van der Waals surface area (Å²) in [6, 6.07) is 2.39. The van der Waals surface area contributed by atoms with E-state index in [1.54, 1.807) is 0 Å². The third-order valence-corrected chi connectivity index (χ3v) is 1.69. The van der Waals surface area contributed by atoms with Gasteiger partial charge in [-0.25, -0.2) is 9.18 Å². The maximum Gasteiger partial charge on any atom is 0.342 e. The van der Waals surface area contributed by atoms with E-state index in [0.29, 0.717) is 0 Å². The molecule has 1 aromatic carbocycles. The van der Waals surface area contributed by atoms with Crippen LogP contribution >= 0.6 is 0 Å². The molecule has 0 bridgehead atoms. The second-order valence-corrected chi connectivity index (χ2v) is 2.47. The fraction of sp³-hybridized carbons (Fsp3) is 0.111. The van der Waals surface area contributed by atoms with Crippen molar-refractivity contribution in [2.24, 2.45) is 0 Å². The summed E-state index contributed by atoms with van der Waals surface area (Å²) in [5.74, 6) is -2.66. The van der Waals surface area contributed by atoms with Gasteiger partial charge in [0, 0.05) is 0 Å². The number of carboxylic acid groups (broad SMARTS) is 1. The third-order valence-electron chi connectivity index (χ3n) is 1.69. The van der Waals surface area contributed by atoms with Crippen molar-refractivity contribution in [2.75, 3.05) is 7.11 Å². The number of rotatable bonds is 3. The molecule has 0 spiro atoms. The average Bonchev–Trinajstić information content (AvgIpc) is 2.16. The predicted octanol–water partition coefficient (Wildman–Crippen LogP) is 1.34. The number of ether oxygens (including phenoxy) is 1. The molecule has 1 N–H and O–H groups in total. The van der Waals surface area contributed by atoms with Crippen molar-refractivity contribution in [2.45, 2.75) is 0 Å². The van der Waals surface area contributed by atoms with Gasteiger partial charge < -0.3 is 9.84 Å². The highest BCUT2D eigenvalue weighted by molar-refractivity contribution is 5.93. The number of carbonyl (C=O) groups is 2. The van der Waals surface area contributed by atoms with Crippen LogP contribution in [0.3, 0.4) is 0 Å². The molecule has 0 aliphatic rings. The molecule has 0 radical (unpaired) electrons. The van der Waals surface area contributed by atoms with Crippen LogP contribution in [0.1, 0.15) is 20.7 Å². The van der Waals surface area contributed by atoms with Crippen molar-refractivity contribution < 1.29 is 23.8 Å². The molecular formula is C9H7FO4. The van der Waals surface area contributed by atoms with E-state index in [-0.39, 0.29) is 17.6 Å². The summed E-state index contributed by atoms with van der Waals surface area (Å²) in [4.78, 5) is 21.0. The van der Waals surface area contributed by atoms with Crippen molar-refractivity contribution in [3.05, 3.63) is 29.1 Å². The molecule has 4 nitrogen and oxygen atoms in total. The van der Waals surface area contributed by atoms with E-state index in [1.165, 1.54) is 13.2 Å². The molecule has 0 atom stereocenters. The largest absolute Gasteiger partial charge is 0.496 e. The van der Waals surface area contributed by atoms with Gasteiger partial charge in [0.1, 0.15) is 11.3 Å². The number of halogens is 1. The Labute approximate surface area is 78.9 Å². The summed E-state index contributed by atoms with van der Waals surface area (Å²) in [6.45, 7) is 0. The lowest BCUT2D eigenvalue weighted by Crippen LogP contribution is -2.06. The first-order valence-corrected chi connectivity index (χ1v) is 3.66. The van der Waals surface area contributed by atoms with E-state index in [0.717, 1.165) is 6.07 Å². The number of carbonyl (C=O) groups excluding carboxylic acids is 1. The second kappa shape index (κ2) is 3.87. The van der Waals surface area contributed by atoms with Gasteiger partial charge in [-0.1, -0.05) is 0 Å². The number of benzene rings is 1. The normalized spacial score (nSPS) is 9.57. The Morgan fingerprint density at radius 1 is 1.57 bits per heavy atom. The van der Waals surface area contributed by atoms with E-state index in [1.807, 2.05) is 0 Å². The van der Waals surface area contributed by atoms with Gasteiger partial charge in [-0.05, 0) is 12.1 Å². The summed E-state index contributed by atoms with van der Waals surface area (Å²) in [5.41, 5.74) is -0.930. The molecule has 1 rings (SSSR count). The SMILES string of the molecule is COc1ccc(C=O)c(F)c1C(=O)O. The summed E-state index contributed by atoms with van der Waals surface area (Å²) in [5, 5.41) is 8.66. The predicted molar refractivity (Wildman–Crippen MR) is 45.3 cm³/mol. The quantitative estimate of drug-likeness (QED) is 0.744. The van der Waals surface area contributed by atoms with Crippen molar-refractivity contribution >= 4 is 12.3 Å². The molecular weight excluding hydrogens is 191 g/mol. The fourth-order valence-corrected chi connectivity index (χ4v) is 1.03. The van der Waals surface area contributed by atoms with Crippen LogP contribution in [0.5, 0.6) is 5.75 Å². The first-order chi connectivity index (χ1) is 6.61. The molecule has 0 aliphatic heterocycles. The fourth-order valence-electron chi connectivity index (χ4n) is 1.03. The molecule has 0 aromatic heterocycles. The minimum Gasteiger partial charge on any atom is -0.496 e. The van der Waals surface area contributed by atoms with Crippen LogP contribution in [0.15, 0.2) is 12.1 Å². The number of hydrogen-bond acceptors (Lipinski definition) is 3. The number of carboxylic acids is 1. The Bertz CT molecular complexity index is 387. The maximum atomic E-state index is 13.3. The molecule has 0 aliphatic carbocycles. The maximum absolute atomic E-state index is 13.3. The van der Waals surface area contributed by atoms with Gasteiger partial charge in [-0.3, -0.25) is 4.79 Å². The minimum atomic E-state index is -1.47. The lowest BCUT2D eigenvalue weighted by molar-refractivity contribution is 0.0688. The zero-order valence-corrected chi connectivity index (χ0v) is 7.28. The molecule has 0 unspecified atom stereocenters. The highest BCUT2D eigenvalue weighted by Crippen LogP contribution is 2.23. The third kappa shape index (κ3) is 1.56. The number of aromatic carboxylic acids is 1. The summed E-state index contributed by atoms with van der Waals surface area (Å²) < 4.78 is 17.9. The van der Waals surface area contributed by atoms with Crippen LogP contribution in [0, 0.1) is 5.82 Å². The van der Waals surface area contributed by atoms with E-state index in [2.05, 4.69) is 4.74 Å². The number of hydrogen-bond donors (Lipinski definition) is 1. The molecule has 14 heavy (non-hydrogen) atoms. The van der Waals surface area contributed by atoms with Gasteiger partial charge in [-0.15, -0.1) is 0 Å².